The predicted molar refractivity (Wildman–Crippen MR) is 72.9 cm³/mol. The van der Waals surface area contributed by atoms with Crippen molar-refractivity contribution in [1.82, 2.24) is 15.1 Å². The summed E-state index contributed by atoms with van der Waals surface area (Å²) in [6.07, 6.45) is 6.44. The number of nitrogens with one attached hydrogen (secondary N) is 1. The molecule has 1 aromatic heterocycles. The Hall–Kier alpha value is -1.36. The first kappa shape index (κ1) is 14.1. The summed E-state index contributed by atoms with van der Waals surface area (Å²) in [5.41, 5.74) is 1.73. The van der Waals surface area contributed by atoms with Crippen LogP contribution in [-0.4, -0.2) is 27.9 Å². The first-order valence-electron chi connectivity index (χ1n) is 7.05. The molecule has 1 aliphatic carbocycles. The van der Waals surface area contributed by atoms with Crippen LogP contribution >= 0.6 is 0 Å². The largest absolute Gasteiger partial charge is 0.462 e. The van der Waals surface area contributed by atoms with Gasteiger partial charge in [-0.25, -0.2) is 4.79 Å². The molecule has 0 bridgehead atoms. The van der Waals surface area contributed by atoms with Crippen molar-refractivity contribution in [2.45, 2.75) is 51.6 Å². The molecule has 0 aromatic carbocycles. The van der Waals surface area contributed by atoms with Crippen molar-refractivity contribution >= 4 is 5.97 Å². The van der Waals surface area contributed by atoms with E-state index < -0.39 is 0 Å². The standard InChI is InChI=1S/C14H23N3O2/c1-4-14(7-6-8-14)15-10-12-11(9-16-17(12)3)13(18)19-5-2/h9,15H,4-8,10H2,1-3H3. The molecule has 2 rings (SSSR count). The fourth-order valence-electron chi connectivity index (χ4n) is 2.58. The molecule has 0 atom stereocenters. The van der Waals surface area contributed by atoms with Crippen molar-refractivity contribution in [3.8, 4) is 0 Å². The number of carbonyl (C=O) groups excluding carboxylic acids is 1. The normalized spacial score (nSPS) is 17.0. The highest BCUT2D eigenvalue weighted by atomic mass is 16.5. The molecule has 5 heteroatoms. The van der Waals surface area contributed by atoms with E-state index in [0.29, 0.717) is 18.7 Å². The van der Waals surface area contributed by atoms with Crippen molar-refractivity contribution in [2.24, 2.45) is 7.05 Å². The van der Waals surface area contributed by atoms with Crippen molar-refractivity contribution in [1.29, 1.82) is 0 Å². The Morgan fingerprint density at radius 2 is 2.26 bits per heavy atom. The maximum atomic E-state index is 11.9. The van der Waals surface area contributed by atoms with Gasteiger partial charge in [0.25, 0.3) is 0 Å². The first-order chi connectivity index (χ1) is 9.12. The average molecular weight is 265 g/mol. The molecular formula is C14H23N3O2. The summed E-state index contributed by atoms with van der Waals surface area (Å²) in [7, 11) is 1.86. The Morgan fingerprint density at radius 3 is 2.79 bits per heavy atom. The number of aromatic nitrogens is 2. The third-order valence-corrected chi connectivity index (χ3v) is 4.18. The van der Waals surface area contributed by atoms with Crippen LogP contribution in [0.25, 0.3) is 0 Å². The average Bonchev–Trinajstić information content (AvgIpc) is 2.71. The van der Waals surface area contributed by atoms with E-state index in [2.05, 4.69) is 17.3 Å². The van der Waals surface area contributed by atoms with E-state index >= 15 is 0 Å². The number of nitrogens with zero attached hydrogens (tertiary/aromatic N) is 2. The summed E-state index contributed by atoms with van der Waals surface area (Å²) in [5, 5.41) is 7.76. The van der Waals surface area contributed by atoms with E-state index in [-0.39, 0.29) is 11.5 Å². The van der Waals surface area contributed by atoms with Gasteiger partial charge in [-0.05, 0) is 32.6 Å². The summed E-state index contributed by atoms with van der Waals surface area (Å²) in [4.78, 5) is 11.9. The SMILES string of the molecule is CCOC(=O)c1cnn(C)c1CNC1(CC)CCC1. The number of hydrogen-bond donors (Lipinski definition) is 1. The van der Waals surface area contributed by atoms with E-state index in [1.165, 1.54) is 19.3 Å². The lowest BCUT2D eigenvalue weighted by atomic mass is 9.75. The molecule has 0 unspecified atom stereocenters. The molecule has 0 radical (unpaired) electrons. The minimum absolute atomic E-state index is 0.260. The van der Waals surface area contributed by atoms with Crippen LogP contribution in [0.1, 0.15) is 55.6 Å². The highest BCUT2D eigenvalue weighted by Gasteiger charge is 2.34. The van der Waals surface area contributed by atoms with Crippen LogP contribution in [0.2, 0.25) is 0 Å². The predicted octanol–water partition coefficient (Wildman–Crippen LogP) is 2.02. The summed E-state index contributed by atoms with van der Waals surface area (Å²) in [6.45, 7) is 5.08. The molecule has 1 saturated carbocycles. The molecule has 1 N–H and O–H groups in total. The van der Waals surface area contributed by atoms with Gasteiger partial charge in [-0.1, -0.05) is 6.92 Å². The number of hydrogen-bond acceptors (Lipinski definition) is 4. The second-order valence-electron chi connectivity index (χ2n) is 5.19. The zero-order valence-electron chi connectivity index (χ0n) is 12.0. The molecule has 106 valence electrons. The summed E-state index contributed by atoms with van der Waals surface area (Å²) in [6, 6.07) is 0. The molecule has 19 heavy (non-hydrogen) atoms. The van der Waals surface area contributed by atoms with Gasteiger partial charge in [0.2, 0.25) is 0 Å². The van der Waals surface area contributed by atoms with Crippen molar-refractivity contribution in [2.75, 3.05) is 6.61 Å². The van der Waals surface area contributed by atoms with Crippen LogP contribution in [0.4, 0.5) is 0 Å². The molecular weight excluding hydrogens is 242 g/mol. The Labute approximate surface area is 114 Å². The molecule has 1 aliphatic rings. The Morgan fingerprint density at radius 1 is 1.53 bits per heavy atom. The fourth-order valence-corrected chi connectivity index (χ4v) is 2.58. The van der Waals surface area contributed by atoms with Crippen molar-refractivity contribution < 1.29 is 9.53 Å². The third kappa shape index (κ3) is 2.81. The van der Waals surface area contributed by atoms with Gasteiger partial charge in [-0.2, -0.15) is 5.10 Å². The van der Waals surface area contributed by atoms with Crippen molar-refractivity contribution in [3.63, 3.8) is 0 Å². The number of esters is 1. The maximum absolute atomic E-state index is 11.9. The summed E-state index contributed by atoms with van der Waals surface area (Å²) >= 11 is 0. The molecule has 5 nitrogen and oxygen atoms in total. The maximum Gasteiger partial charge on any atom is 0.341 e. The van der Waals surface area contributed by atoms with E-state index in [1.807, 2.05) is 14.0 Å². The van der Waals surface area contributed by atoms with Gasteiger partial charge in [0.1, 0.15) is 5.56 Å². The molecule has 0 spiro atoms. The van der Waals surface area contributed by atoms with Gasteiger partial charge >= 0.3 is 5.97 Å². The number of carbonyl (C=O) groups is 1. The van der Waals surface area contributed by atoms with Gasteiger partial charge in [0.05, 0.1) is 18.5 Å². The molecule has 1 aromatic rings. The van der Waals surface area contributed by atoms with Crippen LogP contribution in [0.15, 0.2) is 6.20 Å². The van der Waals surface area contributed by atoms with Gasteiger partial charge < -0.3 is 10.1 Å². The zero-order valence-corrected chi connectivity index (χ0v) is 12.0. The van der Waals surface area contributed by atoms with E-state index in [4.69, 9.17) is 4.74 Å². The Kier molecular flexibility index (Phi) is 4.24. The third-order valence-electron chi connectivity index (χ3n) is 4.18. The summed E-state index contributed by atoms with van der Waals surface area (Å²) in [5.74, 6) is -0.286. The smallest absolute Gasteiger partial charge is 0.341 e. The highest BCUT2D eigenvalue weighted by molar-refractivity contribution is 5.90. The molecule has 1 fully saturated rings. The number of aryl methyl sites for hydroxylation is 1. The van der Waals surface area contributed by atoms with E-state index in [0.717, 1.165) is 12.1 Å². The fraction of sp³-hybridized carbons (Fsp3) is 0.714. The van der Waals surface area contributed by atoms with Crippen LogP contribution in [0, 0.1) is 0 Å². The number of ether oxygens (including phenoxy) is 1. The van der Waals surface area contributed by atoms with Gasteiger partial charge in [-0.3, -0.25) is 4.68 Å². The minimum atomic E-state index is -0.286. The quantitative estimate of drug-likeness (QED) is 0.799. The monoisotopic (exact) mass is 265 g/mol. The van der Waals surface area contributed by atoms with Crippen molar-refractivity contribution in [3.05, 3.63) is 17.5 Å². The first-order valence-corrected chi connectivity index (χ1v) is 7.05. The lowest BCUT2D eigenvalue weighted by Crippen LogP contribution is -2.50. The van der Waals surface area contributed by atoms with Gasteiger partial charge in [-0.15, -0.1) is 0 Å². The van der Waals surface area contributed by atoms with Crippen LogP contribution in [0.5, 0.6) is 0 Å². The molecule has 1 heterocycles. The zero-order chi connectivity index (χ0) is 13.9. The van der Waals surface area contributed by atoms with Crippen LogP contribution < -0.4 is 5.32 Å². The summed E-state index contributed by atoms with van der Waals surface area (Å²) < 4.78 is 6.81. The second kappa shape index (κ2) is 5.74. The minimum Gasteiger partial charge on any atom is -0.462 e. The van der Waals surface area contributed by atoms with E-state index in [1.54, 1.807) is 10.9 Å². The Bertz CT molecular complexity index is 444. The lowest BCUT2D eigenvalue weighted by molar-refractivity contribution is 0.0524. The van der Waals surface area contributed by atoms with E-state index in [9.17, 15) is 4.79 Å². The lowest BCUT2D eigenvalue weighted by Gasteiger charge is -2.42. The van der Waals surface area contributed by atoms with Gasteiger partial charge in [0.15, 0.2) is 0 Å². The number of rotatable bonds is 6. The Balaban J connectivity index is 2.07. The molecule has 0 amide bonds. The molecule has 0 aliphatic heterocycles. The topological polar surface area (TPSA) is 56.1 Å². The van der Waals surface area contributed by atoms with Gasteiger partial charge in [0, 0.05) is 19.1 Å². The highest BCUT2D eigenvalue weighted by Crippen LogP contribution is 2.34. The van der Waals surface area contributed by atoms with Crippen LogP contribution in [0.3, 0.4) is 0 Å². The second-order valence-corrected chi connectivity index (χ2v) is 5.19. The molecule has 0 saturated heterocycles. The van der Waals surface area contributed by atoms with Crippen LogP contribution in [-0.2, 0) is 18.3 Å².